The van der Waals surface area contributed by atoms with Gasteiger partial charge in [0.05, 0.1) is 19.1 Å². The predicted octanol–water partition coefficient (Wildman–Crippen LogP) is 2.68. The second-order valence-electron chi connectivity index (χ2n) is 6.68. The van der Waals surface area contributed by atoms with Crippen LogP contribution < -0.4 is 11.1 Å². The van der Waals surface area contributed by atoms with Crippen molar-refractivity contribution >= 4 is 17.7 Å². The first-order chi connectivity index (χ1) is 14.5. The molecule has 0 atom stereocenters. The highest BCUT2D eigenvalue weighted by Gasteiger charge is 2.12. The van der Waals surface area contributed by atoms with E-state index in [4.69, 9.17) is 15.9 Å². The number of hydrogen-bond acceptors (Lipinski definition) is 5. The summed E-state index contributed by atoms with van der Waals surface area (Å²) in [4.78, 5) is 28.5. The number of aromatic nitrogens is 1. The molecule has 1 amide bonds. The lowest BCUT2D eigenvalue weighted by molar-refractivity contribution is -0.120. The van der Waals surface area contributed by atoms with Gasteiger partial charge in [0.2, 0.25) is 5.91 Å². The van der Waals surface area contributed by atoms with Crippen LogP contribution in [0.2, 0.25) is 0 Å². The van der Waals surface area contributed by atoms with Crippen molar-refractivity contribution in [3.05, 3.63) is 89.2 Å². The summed E-state index contributed by atoms with van der Waals surface area (Å²) < 4.78 is 4.86. The van der Waals surface area contributed by atoms with Gasteiger partial charge in [-0.15, -0.1) is 0 Å². The molecule has 0 bridgehead atoms. The maximum atomic E-state index is 12.3. The minimum Gasteiger partial charge on any atom is -0.465 e. The van der Waals surface area contributed by atoms with Crippen molar-refractivity contribution < 1.29 is 14.3 Å². The molecule has 3 aromatic rings. The Balaban J connectivity index is 1.84. The van der Waals surface area contributed by atoms with Gasteiger partial charge in [0, 0.05) is 24.0 Å². The minimum absolute atomic E-state index is 0.0389. The smallest absolute Gasteiger partial charge is 0.337 e. The van der Waals surface area contributed by atoms with Crippen LogP contribution in [0.3, 0.4) is 0 Å². The highest BCUT2D eigenvalue weighted by molar-refractivity contribution is 5.96. The number of amides is 1. The molecule has 0 saturated heterocycles. The molecule has 0 aliphatic carbocycles. The third-order valence-corrected chi connectivity index (χ3v) is 4.48. The molecule has 2 aromatic carbocycles. The van der Waals surface area contributed by atoms with Crippen molar-refractivity contribution in [2.24, 2.45) is 5.73 Å². The Morgan fingerprint density at radius 3 is 2.53 bits per heavy atom. The molecule has 0 saturated carbocycles. The van der Waals surface area contributed by atoms with E-state index in [1.807, 2.05) is 18.2 Å². The van der Waals surface area contributed by atoms with Crippen LogP contribution >= 0.6 is 0 Å². The zero-order chi connectivity index (χ0) is 21.5. The number of methoxy groups -OCH3 is 1. The maximum absolute atomic E-state index is 12.3. The number of nitrogens with two attached hydrogens (primary N) is 1. The molecule has 0 radical (unpaired) electrons. The van der Waals surface area contributed by atoms with E-state index in [-0.39, 0.29) is 24.7 Å². The minimum atomic E-state index is -0.472. The van der Waals surface area contributed by atoms with E-state index in [9.17, 15) is 9.59 Å². The number of ether oxygens (including phenoxy) is 1. The molecule has 3 rings (SSSR count). The van der Waals surface area contributed by atoms with Gasteiger partial charge in [-0.05, 0) is 53.1 Å². The largest absolute Gasteiger partial charge is 0.465 e. The van der Waals surface area contributed by atoms with Gasteiger partial charge in [0.1, 0.15) is 5.84 Å². The van der Waals surface area contributed by atoms with Crippen molar-refractivity contribution in [1.82, 2.24) is 10.3 Å². The zero-order valence-corrected chi connectivity index (χ0v) is 16.5. The summed E-state index contributed by atoms with van der Waals surface area (Å²) in [6, 6.07) is 17.9. The van der Waals surface area contributed by atoms with Gasteiger partial charge in [-0.1, -0.05) is 24.3 Å². The van der Waals surface area contributed by atoms with Crippen LogP contribution in [-0.2, 0) is 22.5 Å². The average molecular weight is 402 g/mol. The van der Waals surface area contributed by atoms with E-state index in [1.165, 1.54) is 7.11 Å². The summed E-state index contributed by atoms with van der Waals surface area (Å²) in [5.41, 5.74) is 9.53. The molecule has 0 unspecified atom stereocenters. The van der Waals surface area contributed by atoms with Crippen molar-refractivity contribution in [3.8, 4) is 11.1 Å². The fourth-order valence-corrected chi connectivity index (χ4v) is 2.99. The van der Waals surface area contributed by atoms with Crippen molar-refractivity contribution in [2.75, 3.05) is 7.11 Å². The number of nitrogen functional groups attached to an aromatic ring is 1. The standard InChI is InChI=1S/C23H22N4O3/c1-30-23(29)19-10-15(14-27-21(28)13-20-7-2-3-8-26-20)9-18(12-19)16-5-4-6-17(11-16)22(24)25/h2-12H,13-14H2,1H3,(H3,24,25)(H,27,28). The summed E-state index contributed by atoms with van der Waals surface area (Å²) in [6.45, 7) is 0.246. The number of benzene rings is 2. The van der Waals surface area contributed by atoms with Crippen LogP contribution in [0.25, 0.3) is 11.1 Å². The Bertz CT molecular complexity index is 1080. The number of carbonyl (C=O) groups is 2. The molecule has 30 heavy (non-hydrogen) atoms. The van der Waals surface area contributed by atoms with Crippen LogP contribution in [0.15, 0.2) is 66.9 Å². The second kappa shape index (κ2) is 9.47. The van der Waals surface area contributed by atoms with Crippen LogP contribution in [0.4, 0.5) is 0 Å². The van der Waals surface area contributed by atoms with Gasteiger partial charge in [-0.25, -0.2) is 4.79 Å². The predicted molar refractivity (Wildman–Crippen MR) is 114 cm³/mol. The van der Waals surface area contributed by atoms with E-state index in [1.54, 1.807) is 48.7 Å². The van der Waals surface area contributed by atoms with Gasteiger partial charge in [-0.2, -0.15) is 0 Å². The third-order valence-electron chi connectivity index (χ3n) is 4.48. The quantitative estimate of drug-likeness (QED) is 0.319. The lowest BCUT2D eigenvalue weighted by atomic mass is 9.98. The van der Waals surface area contributed by atoms with E-state index in [0.717, 1.165) is 16.7 Å². The molecule has 4 N–H and O–H groups in total. The number of hydrogen-bond donors (Lipinski definition) is 3. The molecule has 0 aliphatic rings. The summed E-state index contributed by atoms with van der Waals surface area (Å²) in [7, 11) is 1.32. The number of carbonyl (C=O) groups excluding carboxylic acids is 2. The normalized spacial score (nSPS) is 10.3. The van der Waals surface area contributed by atoms with Crippen LogP contribution in [0.5, 0.6) is 0 Å². The van der Waals surface area contributed by atoms with Crippen LogP contribution in [-0.4, -0.2) is 29.8 Å². The van der Waals surface area contributed by atoms with Gasteiger partial charge >= 0.3 is 5.97 Å². The number of rotatable bonds is 7. The van der Waals surface area contributed by atoms with Crippen molar-refractivity contribution in [3.63, 3.8) is 0 Å². The Morgan fingerprint density at radius 1 is 1.03 bits per heavy atom. The third kappa shape index (κ3) is 5.29. The second-order valence-corrected chi connectivity index (χ2v) is 6.68. The van der Waals surface area contributed by atoms with E-state index < -0.39 is 5.97 Å². The summed E-state index contributed by atoms with van der Waals surface area (Å²) in [5.74, 6) is -0.680. The van der Waals surface area contributed by atoms with Crippen LogP contribution in [0, 0.1) is 5.41 Å². The highest BCUT2D eigenvalue weighted by Crippen LogP contribution is 2.24. The van der Waals surface area contributed by atoms with Gasteiger partial charge in [0.15, 0.2) is 0 Å². The molecule has 0 aliphatic heterocycles. The Morgan fingerprint density at radius 2 is 1.83 bits per heavy atom. The maximum Gasteiger partial charge on any atom is 0.337 e. The summed E-state index contributed by atoms with van der Waals surface area (Å²) in [5, 5.41) is 10.5. The summed E-state index contributed by atoms with van der Waals surface area (Å²) >= 11 is 0. The number of nitrogens with one attached hydrogen (secondary N) is 2. The molecule has 0 fully saturated rings. The van der Waals surface area contributed by atoms with E-state index in [0.29, 0.717) is 16.8 Å². The first-order valence-electron chi connectivity index (χ1n) is 9.30. The Kier molecular flexibility index (Phi) is 6.54. The van der Waals surface area contributed by atoms with E-state index in [2.05, 4.69) is 10.3 Å². The molecule has 7 heteroatoms. The monoisotopic (exact) mass is 402 g/mol. The van der Waals surface area contributed by atoms with Gasteiger partial charge < -0.3 is 15.8 Å². The van der Waals surface area contributed by atoms with Crippen molar-refractivity contribution in [2.45, 2.75) is 13.0 Å². The van der Waals surface area contributed by atoms with Gasteiger partial charge in [0.25, 0.3) is 0 Å². The molecule has 1 heterocycles. The fraction of sp³-hybridized carbons (Fsp3) is 0.130. The molecule has 152 valence electrons. The fourth-order valence-electron chi connectivity index (χ4n) is 2.99. The number of amidine groups is 1. The van der Waals surface area contributed by atoms with Crippen molar-refractivity contribution in [1.29, 1.82) is 5.41 Å². The molecule has 1 aromatic heterocycles. The lowest BCUT2D eigenvalue weighted by Gasteiger charge is -2.11. The highest BCUT2D eigenvalue weighted by atomic mass is 16.5. The first-order valence-corrected chi connectivity index (χ1v) is 9.30. The molecule has 0 spiro atoms. The molecular formula is C23H22N4O3. The first kappa shape index (κ1) is 20.7. The number of esters is 1. The van der Waals surface area contributed by atoms with Gasteiger partial charge in [-0.3, -0.25) is 15.2 Å². The Labute approximate surface area is 174 Å². The number of nitrogens with zero attached hydrogens (tertiary/aromatic N) is 1. The lowest BCUT2D eigenvalue weighted by Crippen LogP contribution is -2.25. The molecular weight excluding hydrogens is 380 g/mol. The Hall–Kier alpha value is -4.00. The number of pyridine rings is 1. The summed E-state index contributed by atoms with van der Waals surface area (Å²) in [6.07, 6.45) is 1.81. The average Bonchev–Trinajstić information content (AvgIpc) is 2.77. The topological polar surface area (TPSA) is 118 Å². The SMILES string of the molecule is COC(=O)c1cc(CNC(=O)Cc2ccccn2)cc(-c2cccc(C(=N)N)c2)c1. The van der Waals surface area contributed by atoms with Crippen LogP contribution in [0.1, 0.15) is 27.2 Å². The zero-order valence-electron chi connectivity index (χ0n) is 16.5. The molecule has 7 nitrogen and oxygen atoms in total. The van der Waals surface area contributed by atoms with E-state index >= 15 is 0 Å².